The molecule has 0 aromatic heterocycles. The van der Waals surface area contributed by atoms with Crippen molar-refractivity contribution in [1.29, 1.82) is 0 Å². The first-order valence-electron chi connectivity index (χ1n) is 6.47. The van der Waals surface area contributed by atoms with Crippen molar-refractivity contribution in [2.75, 3.05) is 18.6 Å². The van der Waals surface area contributed by atoms with Crippen molar-refractivity contribution in [3.63, 3.8) is 0 Å². The van der Waals surface area contributed by atoms with Crippen molar-refractivity contribution in [2.24, 2.45) is 11.3 Å². The van der Waals surface area contributed by atoms with Crippen molar-refractivity contribution < 1.29 is 18.3 Å². The molecule has 0 amide bonds. The smallest absolute Gasteiger partial charge is 0.306 e. The number of carbonyl (C=O) groups excluding carboxylic acids is 1. The lowest BCUT2D eigenvalue weighted by Crippen LogP contribution is -2.14. The van der Waals surface area contributed by atoms with Gasteiger partial charge in [-0.2, -0.15) is 11.8 Å². The van der Waals surface area contributed by atoms with Gasteiger partial charge in [0.25, 0.3) is 0 Å². The molecule has 0 saturated heterocycles. The van der Waals surface area contributed by atoms with Crippen LogP contribution in [0, 0.1) is 11.3 Å². The largest absolute Gasteiger partial charge is 0.469 e. The van der Waals surface area contributed by atoms with E-state index in [1.165, 1.54) is 7.11 Å². The van der Waals surface area contributed by atoms with E-state index in [-0.39, 0.29) is 30.1 Å². The summed E-state index contributed by atoms with van der Waals surface area (Å²) in [4.78, 5) is 11.2. The predicted molar refractivity (Wildman–Crippen MR) is 67.9 cm³/mol. The van der Waals surface area contributed by atoms with Gasteiger partial charge in [0, 0.05) is 12.8 Å². The third-order valence-corrected chi connectivity index (χ3v) is 5.50. The Morgan fingerprint density at radius 1 is 1.39 bits per heavy atom. The van der Waals surface area contributed by atoms with E-state index in [2.05, 4.69) is 4.74 Å². The number of hydrogen-bond acceptors (Lipinski definition) is 3. The average Bonchev–Trinajstić information content (AvgIpc) is 2.96. The van der Waals surface area contributed by atoms with Crippen LogP contribution in [0.1, 0.15) is 38.5 Å². The van der Waals surface area contributed by atoms with Gasteiger partial charge in [-0.15, -0.1) is 0 Å². The van der Waals surface area contributed by atoms with Crippen molar-refractivity contribution in [1.82, 2.24) is 0 Å². The molecule has 0 aromatic rings. The van der Waals surface area contributed by atoms with Crippen LogP contribution in [0.2, 0.25) is 0 Å². The number of rotatable bonds is 6. The van der Waals surface area contributed by atoms with Crippen molar-refractivity contribution in [2.45, 2.75) is 44.4 Å². The van der Waals surface area contributed by atoms with Crippen molar-refractivity contribution >= 4 is 17.7 Å². The zero-order chi connectivity index (χ0) is 13.2. The van der Waals surface area contributed by atoms with Gasteiger partial charge in [0.05, 0.1) is 13.5 Å². The molecule has 0 aliphatic heterocycles. The highest BCUT2D eigenvalue weighted by Gasteiger charge is 2.45. The lowest BCUT2D eigenvalue weighted by molar-refractivity contribution is -0.141. The Balaban J connectivity index is 1.65. The van der Waals surface area contributed by atoms with Crippen LogP contribution in [0.4, 0.5) is 8.78 Å². The van der Waals surface area contributed by atoms with Gasteiger partial charge in [-0.3, -0.25) is 4.79 Å². The normalized spacial score (nSPS) is 28.1. The third-order valence-electron chi connectivity index (χ3n) is 3.97. The summed E-state index contributed by atoms with van der Waals surface area (Å²) >= 11 is 1.73. The van der Waals surface area contributed by atoms with Crippen LogP contribution in [-0.2, 0) is 9.53 Å². The predicted octanol–water partition coefficient (Wildman–Crippen LogP) is 3.50. The first-order valence-corrected chi connectivity index (χ1v) is 7.63. The van der Waals surface area contributed by atoms with Crippen LogP contribution in [0.5, 0.6) is 0 Å². The first-order chi connectivity index (χ1) is 8.45. The second-order valence-electron chi connectivity index (χ2n) is 5.73. The molecule has 0 N–H and O–H groups in total. The molecule has 18 heavy (non-hydrogen) atoms. The van der Waals surface area contributed by atoms with Crippen molar-refractivity contribution in [3.8, 4) is 0 Å². The van der Waals surface area contributed by atoms with E-state index in [0.717, 1.165) is 24.3 Å². The highest BCUT2D eigenvalue weighted by molar-refractivity contribution is 7.99. The summed E-state index contributed by atoms with van der Waals surface area (Å²) in [5.41, 5.74) is 0.110. The van der Waals surface area contributed by atoms with E-state index in [4.69, 9.17) is 0 Å². The molecular formula is C13H20F2O2S. The molecule has 2 aliphatic rings. The molecule has 2 aliphatic carbocycles. The minimum atomic E-state index is -2.44. The summed E-state index contributed by atoms with van der Waals surface area (Å²) in [7, 11) is 1.41. The molecule has 2 saturated carbocycles. The Hall–Kier alpha value is -0.320. The topological polar surface area (TPSA) is 26.3 Å². The van der Waals surface area contributed by atoms with Gasteiger partial charge in [-0.25, -0.2) is 8.78 Å². The molecule has 0 spiro atoms. The van der Waals surface area contributed by atoms with Crippen LogP contribution >= 0.6 is 11.8 Å². The van der Waals surface area contributed by atoms with Gasteiger partial charge in [0.15, 0.2) is 0 Å². The molecule has 2 fully saturated rings. The Morgan fingerprint density at radius 3 is 2.61 bits per heavy atom. The van der Waals surface area contributed by atoms with Gasteiger partial charge in [0.2, 0.25) is 5.92 Å². The number of thioether (sulfide) groups is 1. The molecule has 1 atom stereocenters. The number of ether oxygens (including phenoxy) is 1. The van der Waals surface area contributed by atoms with Crippen molar-refractivity contribution in [3.05, 3.63) is 0 Å². The van der Waals surface area contributed by atoms with Crippen LogP contribution in [0.15, 0.2) is 0 Å². The van der Waals surface area contributed by atoms with Crippen LogP contribution in [0.25, 0.3) is 0 Å². The molecule has 104 valence electrons. The second-order valence-corrected chi connectivity index (χ2v) is 6.76. The summed E-state index contributed by atoms with van der Waals surface area (Å²) in [6.07, 6.45) is 3.35. The van der Waals surface area contributed by atoms with Gasteiger partial charge >= 0.3 is 5.97 Å². The number of methoxy groups -OCH3 is 1. The van der Waals surface area contributed by atoms with E-state index < -0.39 is 5.92 Å². The summed E-state index contributed by atoms with van der Waals surface area (Å²) in [6, 6.07) is 0. The Morgan fingerprint density at radius 2 is 2.11 bits per heavy atom. The van der Waals surface area contributed by atoms with E-state index in [1.807, 2.05) is 0 Å². The fourth-order valence-corrected chi connectivity index (χ4v) is 4.11. The molecule has 1 unspecified atom stereocenters. The molecule has 0 aromatic carbocycles. The SMILES string of the molecule is COC(=O)CC1(CSCC2CCC(F)(F)C2)CC1. The Bertz CT molecular complexity index is 316. The zero-order valence-corrected chi connectivity index (χ0v) is 11.5. The minimum absolute atomic E-state index is 0.0456. The number of halogens is 2. The highest BCUT2D eigenvalue weighted by Crippen LogP contribution is 2.52. The van der Waals surface area contributed by atoms with Gasteiger partial charge in [-0.05, 0) is 42.1 Å². The van der Waals surface area contributed by atoms with E-state index >= 15 is 0 Å². The maximum absolute atomic E-state index is 13.0. The number of carbonyl (C=O) groups is 1. The minimum Gasteiger partial charge on any atom is -0.469 e. The fourth-order valence-electron chi connectivity index (χ4n) is 2.55. The Labute approximate surface area is 111 Å². The van der Waals surface area contributed by atoms with Gasteiger partial charge in [0.1, 0.15) is 0 Å². The van der Waals surface area contributed by atoms with E-state index in [0.29, 0.717) is 12.8 Å². The molecule has 2 nitrogen and oxygen atoms in total. The summed E-state index contributed by atoms with van der Waals surface area (Å²) < 4.78 is 30.7. The zero-order valence-electron chi connectivity index (χ0n) is 10.7. The summed E-state index contributed by atoms with van der Waals surface area (Å²) in [5, 5.41) is 0. The monoisotopic (exact) mass is 278 g/mol. The molecule has 0 bridgehead atoms. The second kappa shape index (κ2) is 5.35. The molecule has 2 rings (SSSR count). The lowest BCUT2D eigenvalue weighted by atomic mass is 10.1. The molecule has 5 heteroatoms. The third kappa shape index (κ3) is 3.84. The number of hydrogen-bond donors (Lipinski definition) is 0. The van der Waals surface area contributed by atoms with Gasteiger partial charge in [-0.1, -0.05) is 0 Å². The lowest BCUT2D eigenvalue weighted by Gasteiger charge is -2.15. The first kappa shape index (κ1) is 14.1. The number of alkyl halides is 2. The van der Waals surface area contributed by atoms with Crippen LogP contribution in [0.3, 0.4) is 0 Å². The highest BCUT2D eigenvalue weighted by atomic mass is 32.2. The summed E-state index contributed by atoms with van der Waals surface area (Å²) in [5.74, 6) is -0.726. The fraction of sp³-hybridized carbons (Fsp3) is 0.923. The maximum Gasteiger partial charge on any atom is 0.306 e. The van der Waals surface area contributed by atoms with E-state index in [9.17, 15) is 13.6 Å². The standard InChI is InChI=1S/C13H20F2O2S/c1-17-11(16)7-12(4-5-12)9-18-8-10-2-3-13(14,15)6-10/h10H,2-9H2,1H3. The molecular weight excluding hydrogens is 258 g/mol. The van der Waals surface area contributed by atoms with Gasteiger partial charge < -0.3 is 4.74 Å². The Kier molecular flexibility index (Phi) is 4.19. The molecule has 0 heterocycles. The summed E-state index contributed by atoms with van der Waals surface area (Å²) in [6.45, 7) is 0. The maximum atomic E-state index is 13.0. The van der Waals surface area contributed by atoms with E-state index in [1.54, 1.807) is 11.8 Å². The quantitative estimate of drug-likeness (QED) is 0.696. The average molecular weight is 278 g/mol. The van der Waals surface area contributed by atoms with Crippen LogP contribution < -0.4 is 0 Å². The number of esters is 1. The van der Waals surface area contributed by atoms with Crippen LogP contribution in [-0.4, -0.2) is 30.5 Å². The molecule has 0 radical (unpaired) electrons.